The number of thiocarbonyl (C=S) groups is 1. The van der Waals surface area contributed by atoms with Gasteiger partial charge in [-0.1, -0.05) is 26.1 Å². The van der Waals surface area contributed by atoms with E-state index in [1.54, 1.807) is 6.07 Å². The molecule has 0 fully saturated rings. The van der Waals surface area contributed by atoms with Crippen LogP contribution in [0.3, 0.4) is 0 Å². The maximum absolute atomic E-state index is 11.9. The average Bonchev–Trinajstić information content (AvgIpc) is 2.77. The van der Waals surface area contributed by atoms with Gasteiger partial charge >= 0.3 is 0 Å². The maximum Gasteiger partial charge on any atom is 0.250 e. The molecular weight excluding hydrogens is 304 g/mol. The molecule has 0 saturated heterocycles. The Balaban J connectivity index is 2.49. The lowest BCUT2D eigenvalue weighted by Gasteiger charge is -2.07. The molecule has 0 unspecified atom stereocenters. The van der Waals surface area contributed by atoms with Gasteiger partial charge in [0.1, 0.15) is 9.20 Å². The van der Waals surface area contributed by atoms with Gasteiger partial charge in [0, 0.05) is 13.2 Å². The first-order valence-electron chi connectivity index (χ1n) is 5.80. The lowest BCUT2D eigenvalue weighted by Crippen LogP contribution is -2.27. The molecule has 1 heterocycles. The van der Waals surface area contributed by atoms with E-state index in [2.05, 4.69) is 4.72 Å². The molecule has 108 valence electrons. The summed E-state index contributed by atoms with van der Waals surface area (Å²) in [7, 11) is -3.50. The highest BCUT2D eigenvalue weighted by molar-refractivity contribution is 7.91. The largest absolute Gasteiger partial charge is 0.389 e. The fraction of sp³-hybridized carbons (Fsp3) is 0.545. The van der Waals surface area contributed by atoms with Crippen LogP contribution in [0.15, 0.2) is 16.3 Å². The SMILES string of the molecule is CC(C)COCCNS(=O)(=O)c1ccc(C(N)=S)s1. The van der Waals surface area contributed by atoms with Gasteiger partial charge in [-0.25, -0.2) is 13.1 Å². The Morgan fingerprint density at radius 2 is 2.21 bits per heavy atom. The van der Waals surface area contributed by atoms with E-state index in [4.69, 9.17) is 22.7 Å². The number of nitrogens with one attached hydrogen (secondary N) is 1. The molecule has 0 aliphatic heterocycles. The normalized spacial score (nSPS) is 11.9. The van der Waals surface area contributed by atoms with Crippen molar-refractivity contribution in [3.05, 3.63) is 17.0 Å². The second-order valence-corrected chi connectivity index (χ2v) is 7.87. The Labute approximate surface area is 123 Å². The summed E-state index contributed by atoms with van der Waals surface area (Å²) in [6.45, 7) is 5.28. The van der Waals surface area contributed by atoms with E-state index in [0.717, 1.165) is 11.3 Å². The van der Waals surface area contributed by atoms with Crippen LogP contribution >= 0.6 is 23.6 Å². The fourth-order valence-corrected chi connectivity index (χ4v) is 3.64. The number of hydrogen-bond acceptors (Lipinski definition) is 5. The van der Waals surface area contributed by atoms with Crippen molar-refractivity contribution in [2.75, 3.05) is 19.8 Å². The van der Waals surface area contributed by atoms with Crippen LogP contribution < -0.4 is 10.5 Å². The number of thiophene rings is 1. The summed E-state index contributed by atoms with van der Waals surface area (Å²) in [5.74, 6) is 0.432. The molecule has 0 atom stereocenters. The molecule has 3 N–H and O–H groups in total. The van der Waals surface area contributed by atoms with Gasteiger partial charge in [-0.05, 0) is 18.1 Å². The summed E-state index contributed by atoms with van der Waals surface area (Å²) in [6.07, 6.45) is 0. The van der Waals surface area contributed by atoms with Crippen LogP contribution in [0.1, 0.15) is 18.7 Å². The van der Waals surface area contributed by atoms with Crippen LogP contribution in [0.2, 0.25) is 0 Å². The first kappa shape index (κ1) is 16.5. The van der Waals surface area contributed by atoms with Crippen molar-refractivity contribution in [2.24, 2.45) is 11.7 Å². The predicted octanol–water partition coefficient (Wildman–Crippen LogP) is 1.33. The van der Waals surface area contributed by atoms with Gasteiger partial charge in [0.05, 0.1) is 11.5 Å². The third kappa shape index (κ3) is 5.53. The standard InChI is InChI=1S/C11H18N2O3S3/c1-8(2)7-16-6-5-13-19(14,15)10-4-3-9(18-10)11(12)17/h3-4,8,13H,5-7H2,1-2H3,(H2,12,17). The van der Waals surface area contributed by atoms with E-state index in [0.29, 0.717) is 24.0 Å². The highest BCUT2D eigenvalue weighted by Gasteiger charge is 2.16. The zero-order chi connectivity index (χ0) is 14.5. The molecule has 0 spiro atoms. The average molecular weight is 322 g/mol. The van der Waals surface area contributed by atoms with Crippen LogP contribution in [-0.4, -0.2) is 33.2 Å². The van der Waals surface area contributed by atoms with Crippen molar-refractivity contribution >= 4 is 38.6 Å². The molecule has 0 saturated carbocycles. The zero-order valence-electron chi connectivity index (χ0n) is 10.9. The molecule has 1 aromatic rings. The van der Waals surface area contributed by atoms with Crippen LogP contribution in [0.25, 0.3) is 0 Å². The zero-order valence-corrected chi connectivity index (χ0v) is 13.3. The van der Waals surface area contributed by atoms with Crippen molar-refractivity contribution in [2.45, 2.75) is 18.1 Å². The molecule has 0 aromatic carbocycles. The first-order valence-corrected chi connectivity index (χ1v) is 8.51. The summed E-state index contributed by atoms with van der Waals surface area (Å²) in [4.78, 5) is 0.790. The second kappa shape index (κ2) is 7.30. The number of hydrogen-bond donors (Lipinski definition) is 2. The summed E-state index contributed by atoms with van der Waals surface area (Å²) < 4.78 is 31.8. The fourth-order valence-electron chi connectivity index (χ4n) is 1.24. The van der Waals surface area contributed by atoms with E-state index < -0.39 is 10.0 Å². The van der Waals surface area contributed by atoms with Crippen molar-refractivity contribution in [3.63, 3.8) is 0 Å². The topological polar surface area (TPSA) is 81.4 Å². The molecule has 1 aromatic heterocycles. The number of rotatable bonds is 8. The van der Waals surface area contributed by atoms with Gasteiger partial charge in [0.25, 0.3) is 0 Å². The van der Waals surface area contributed by atoms with Crippen LogP contribution in [0, 0.1) is 5.92 Å². The van der Waals surface area contributed by atoms with E-state index in [9.17, 15) is 8.42 Å². The van der Waals surface area contributed by atoms with Crippen LogP contribution in [0.4, 0.5) is 0 Å². The second-order valence-electron chi connectivity index (χ2n) is 4.35. The van der Waals surface area contributed by atoms with Crippen LogP contribution in [-0.2, 0) is 14.8 Å². The lowest BCUT2D eigenvalue weighted by atomic mass is 10.2. The van der Waals surface area contributed by atoms with Crippen molar-refractivity contribution in [3.8, 4) is 0 Å². The molecule has 8 heteroatoms. The smallest absolute Gasteiger partial charge is 0.250 e. The van der Waals surface area contributed by atoms with Gasteiger partial charge in [-0.15, -0.1) is 11.3 Å². The van der Waals surface area contributed by atoms with Crippen molar-refractivity contribution in [1.82, 2.24) is 4.72 Å². The van der Waals surface area contributed by atoms with Crippen molar-refractivity contribution in [1.29, 1.82) is 0 Å². The van der Waals surface area contributed by atoms with Gasteiger partial charge in [0.15, 0.2) is 0 Å². The first-order chi connectivity index (χ1) is 8.83. The highest BCUT2D eigenvalue weighted by Crippen LogP contribution is 2.21. The summed E-state index contributed by atoms with van der Waals surface area (Å²) >= 11 is 5.86. The monoisotopic (exact) mass is 322 g/mol. The van der Waals surface area contributed by atoms with Crippen molar-refractivity contribution < 1.29 is 13.2 Å². The molecule has 0 aliphatic carbocycles. The van der Waals surface area contributed by atoms with E-state index in [-0.39, 0.29) is 15.7 Å². The van der Waals surface area contributed by atoms with Crippen LogP contribution in [0.5, 0.6) is 0 Å². The summed E-state index contributed by atoms with van der Waals surface area (Å²) in [6, 6.07) is 3.10. The molecule has 5 nitrogen and oxygen atoms in total. The number of nitrogens with two attached hydrogens (primary N) is 1. The Bertz CT molecular complexity index is 523. The number of ether oxygens (including phenoxy) is 1. The predicted molar refractivity (Wildman–Crippen MR) is 81.1 cm³/mol. The maximum atomic E-state index is 11.9. The Morgan fingerprint density at radius 3 is 2.74 bits per heavy atom. The number of sulfonamides is 1. The molecule has 19 heavy (non-hydrogen) atoms. The molecular formula is C11H18N2O3S3. The van der Waals surface area contributed by atoms with Gasteiger partial charge < -0.3 is 10.5 Å². The van der Waals surface area contributed by atoms with Gasteiger partial charge in [-0.3, -0.25) is 0 Å². The minimum absolute atomic E-state index is 0.201. The summed E-state index contributed by atoms with van der Waals surface area (Å²) in [5.41, 5.74) is 5.44. The Hall–Kier alpha value is -0.540. The third-order valence-electron chi connectivity index (χ3n) is 2.08. The van der Waals surface area contributed by atoms with Gasteiger partial charge in [-0.2, -0.15) is 0 Å². The molecule has 0 bridgehead atoms. The van der Waals surface area contributed by atoms with Gasteiger partial charge in [0.2, 0.25) is 10.0 Å². The van der Waals surface area contributed by atoms with E-state index in [1.165, 1.54) is 6.07 Å². The molecule has 0 amide bonds. The third-order valence-corrected chi connectivity index (χ3v) is 5.50. The highest BCUT2D eigenvalue weighted by atomic mass is 32.2. The van der Waals surface area contributed by atoms with E-state index in [1.807, 2.05) is 13.8 Å². The molecule has 0 radical (unpaired) electrons. The summed E-state index contributed by atoms with van der Waals surface area (Å²) in [5, 5.41) is 0. The Morgan fingerprint density at radius 1 is 1.53 bits per heavy atom. The lowest BCUT2D eigenvalue weighted by molar-refractivity contribution is 0.114. The molecule has 0 aliphatic rings. The van der Waals surface area contributed by atoms with E-state index >= 15 is 0 Å². The minimum Gasteiger partial charge on any atom is -0.389 e. The quantitative estimate of drug-likeness (QED) is 0.557. The Kier molecular flexibility index (Phi) is 6.34. The molecule has 1 rings (SSSR count). The minimum atomic E-state index is -3.50.